The molecule has 0 spiro atoms. The van der Waals surface area contributed by atoms with E-state index in [0.29, 0.717) is 11.6 Å². The summed E-state index contributed by atoms with van der Waals surface area (Å²) in [6, 6.07) is 5.06. The summed E-state index contributed by atoms with van der Waals surface area (Å²) in [4.78, 5) is 6.88. The first-order valence-electron chi connectivity index (χ1n) is 7.89. The lowest BCUT2D eigenvalue weighted by atomic mass is 9.96. The number of likely N-dealkylation sites (tertiary alicyclic amines) is 1. The maximum absolute atomic E-state index is 14.3. The monoisotopic (exact) mass is 337 g/mol. The molecule has 23 heavy (non-hydrogen) atoms. The van der Waals surface area contributed by atoms with E-state index >= 15 is 0 Å². The third kappa shape index (κ3) is 3.57. The third-order valence-electron chi connectivity index (χ3n) is 4.42. The molecule has 3 rings (SSSR count). The summed E-state index contributed by atoms with van der Waals surface area (Å²) in [6.45, 7) is 3.74. The number of methoxy groups -OCH3 is 1. The first-order chi connectivity index (χ1) is 11.2. The van der Waals surface area contributed by atoms with Gasteiger partial charge >= 0.3 is 0 Å². The highest BCUT2D eigenvalue weighted by Crippen LogP contribution is 2.30. The van der Waals surface area contributed by atoms with E-state index in [9.17, 15) is 4.39 Å². The highest BCUT2D eigenvalue weighted by molar-refractivity contribution is 6.30. The highest BCUT2D eigenvalue weighted by atomic mass is 35.5. The molecule has 0 saturated carbocycles. The summed E-state index contributed by atoms with van der Waals surface area (Å²) in [7, 11) is 1.73. The lowest BCUT2D eigenvalue weighted by molar-refractivity contribution is 0.129. The van der Waals surface area contributed by atoms with Crippen molar-refractivity contribution in [3.63, 3.8) is 0 Å². The maximum atomic E-state index is 14.3. The van der Waals surface area contributed by atoms with E-state index in [1.54, 1.807) is 37.7 Å². The van der Waals surface area contributed by atoms with Gasteiger partial charge in [0, 0.05) is 32.0 Å². The minimum Gasteiger partial charge on any atom is -0.383 e. The van der Waals surface area contributed by atoms with Crippen molar-refractivity contribution in [1.29, 1.82) is 0 Å². The molecule has 0 unspecified atom stereocenters. The second-order valence-electron chi connectivity index (χ2n) is 5.84. The normalized spacial score (nSPS) is 16.8. The van der Waals surface area contributed by atoms with Gasteiger partial charge in [0.25, 0.3) is 0 Å². The molecule has 0 radical (unpaired) electrons. The van der Waals surface area contributed by atoms with Gasteiger partial charge in [0.2, 0.25) is 0 Å². The van der Waals surface area contributed by atoms with Crippen molar-refractivity contribution in [3.8, 4) is 5.69 Å². The summed E-state index contributed by atoms with van der Waals surface area (Å²) in [5, 5.41) is 0.136. The van der Waals surface area contributed by atoms with Gasteiger partial charge in [-0.05, 0) is 38.1 Å². The van der Waals surface area contributed by atoms with E-state index in [1.165, 1.54) is 0 Å². The van der Waals surface area contributed by atoms with Crippen molar-refractivity contribution < 1.29 is 9.13 Å². The van der Waals surface area contributed by atoms with Gasteiger partial charge in [-0.15, -0.1) is 0 Å². The Hall–Kier alpha value is -1.43. The van der Waals surface area contributed by atoms with Gasteiger partial charge in [-0.1, -0.05) is 17.7 Å². The Balaban J connectivity index is 1.76. The number of nitrogens with zero attached hydrogens (tertiary/aromatic N) is 3. The Kier molecular flexibility index (Phi) is 5.30. The van der Waals surface area contributed by atoms with Crippen LogP contribution in [0.25, 0.3) is 5.69 Å². The molecule has 2 heterocycles. The van der Waals surface area contributed by atoms with Crippen LogP contribution in [0, 0.1) is 5.82 Å². The minimum atomic E-state index is -0.397. The molecule has 1 saturated heterocycles. The topological polar surface area (TPSA) is 30.3 Å². The third-order valence-corrected chi connectivity index (χ3v) is 4.72. The predicted octanol–water partition coefficient (Wildman–Crippen LogP) is 3.49. The summed E-state index contributed by atoms with van der Waals surface area (Å²) < 4.78 is 21.3. The molecule has 1 aromatic carbocycles. The highest BCUT2D eigenvalue weighted by Gasteiger charge is 2.25. The average Bonchev–Trinajstić information content (AvgIpc) is 3.05. The standard InChI is InChI=1S/C17H21ClFN3O/c1-23-12-11-21-8-5-13(6-9-21)17-20-7-10-22(17)15-4-2-3-14(18)16(15)19/h2-4,7,10,13H,5-6,8-9,11-12H2,1H3. The van der Waals surface area contributed by atoms with Crippen molar-refractivity contribution in [1.82, 2.24) is 14.5 Å². The number of aromatic nitrogens is 2. The largest absolute Gasteiger partial charge is 0.383 e. The number of hydrogen-bond acceptors (Lipinski definition) is 3. The van der Waals surface area contributed by atoms with E-state index in [0.717, 1.165) is 44.9 Å². The Morgan fingerprint density at radius 2 is 2.13 bits per heavy atom. The molecule has 124 valence electrons. The lowest BCUT2D eigenvalue weighted by Crippen LogP contribution is -2.35. The van der Waals surface area contributed by atoms with Crippen molar-refractivity contribution in [2.45, 2.75) is 18.8 Å². The molecule has 1 fully saturated rings. The molecule has 0 aliphatic carbocycles. The van der Waals surface area contributed by atoms with E-state index in [4.69, 9.17) is 16.3 Å². The van der Waals surface area contributed by atoms with Gasteiger partial charge in [0.1, 0.15) is 5.82 Å². The van der Waals surface area contributed by atoms with E-state index in [-0.39, 0.29) is 5.02 Å². The van der Waals surface area contributed by atoms with Gasteiger partial charge in [0.05, 0.1) is 17.3 Å². The molecule has 1 aliphatic rings. The van der Waals surface area contributed by atoms with E-state index < -0.39 is 5.82 Å². The van der Waals surface area contributed by atoms with Crippen molar-refractivity contribution in [2.75, 3.05) is 33.4 Å². The Morgan fingerprint density at radius 1 is 1.35 bits per heavy atom. The van der Waals surface area contributed by atoms with Crippen molar-refractivity contribution in [3.05, 3.63) is 47.3 Å². The second-order valence-corrected chi connectivity index (χ2v) is 6.24. The fourth-order valence-electron chi connectivity index (χ4n) is 3.13. The Bertz CT molecular complexity index is 653. The van der Waals surface area contributed by atoms with Gasteiger partial charge in [-0.3, -0.25) is 0 Å². The minimum absolute atomic E-state index is 0.136. The van der Waals surface area contributed by atoms with Gasteiger partial charge in [-0.25, -0.2) is 9.37 Å². The number of halogens is 2. The predicted molar refractivity (Wildman–Crippen MR) is 88.8 cm³/mol. The average molecular weight is 338 g/mol. The summed E-state index contributed by atoms with van der Waals surface area (Å²) in [5.74, 6) is 0.852. The number of hydrogen-bond donors (Lipinski definition) is 0. The lowest BCUT2D eigenvalue weighted by Gasteiger charge is -2.31. The van der Waals surface area contributed by atoms with Crippen LogP contribution >= 0.6 is 11.6 Å². The number of imidazole rings is 1. The smallest absolute Gasteiger partial charge is 0.165 e. The van der Waals surface area contributed by atoms with Crippen LogP contribution in [-0.4, -0.2) is 47.8 Å². The molecule has 4 nitrogen and oxygen atoms in total. The molecular weight excluding hydrogens is 317 g/mol. The molecule has 0 N–H and O–H groups in total. The molecule has 0 bridgehead atoms. The molecule has 1 aliphatic heterocycles. The van der Waals surface area contributed by atoms with Gasteiger partial charge in [-0.2, -0.15) is 0 Å². The van der Waals surface area contributed by atoms with Crippen LogP contribution < -0.4 is 0 Å². The van der Waals surface area contributed by atoms with Gasteiger partial charge in [0.15, 0.2) is 5.82 Å². The molecule has 0 atom stereocenters. The molecule has 0 amide bonds. The molecule has 1 aromatic heterocycles. The molecule has 2 aromatic rings. The summed E-state index contributed by atoms with van der Waals surface area (Å²) in [5.41, 5.74) is 0.465. The maximum Gasteiger partial charge on any atom is 0.165 e. The Morgan fingerprint density at radius 3 is 2.87 bits per heavy atom. The van der Waals surface area contributed by atoms with Crippen molar-refractivity contribution >= 4 is 11.6 Å². The van der Waals surface area contributed by atoms with Crippen LogP contribution in [0.2, 0.25) is 5.02 Å². The first-order valence-corrected chi connectivity index (χ1v) is 8.27. The van der Waals surface area contributed by atoms with E-state index in [1.807, 2.05) is 4.57 Å². The van der Waals surface area contributed by atoms with Crippen molar-refractivity contribution in [2.24, 2.45) is 0 Å². The second kappa shape index (κ2) is 7.43. The zero-order chi connectivity index (χ0) is 16.2. The molecule has 6 heteroatoms. The number of rotatable bonds is 5. The number of benzene rings is 1. The van der Waals surface area contributed by atoms with Crippen LogP contribution in [-0.2, 0) is 4.74 Å². The zero-order valence-corrected chi connectivity index (χ0v) is 14.0. The molecular formula is C17H21ClFN3O. The summed E-state index contributed by atoms with van der Waals surface area (Å²) >= 11 is 5.91. The Labute approximate surface area is 140 Å². The quantitative estimate of drug-likeness (QED) is 0.836. The SMILES string of the molecule is COCCN1CCC(c2nccn2-c2cccc(Cl)c2F)CC1. The van der Waals surface area contributed by atoms with Crippen LogP contribution in [0.5, 0.6) is 0 Å². The first kappa shape index (κ1) is 16.4. The van der Waals surface area contributed by atoms with Crippen LogP contribution in [0.15, 0.2) is 30.6 Å². The van der Waals surface area contributed by atoms with E-state index in [2.05, 4.69) is 9.88 Å². The number of piperidine rings is 1. The van der Waals surface area contributed by atoms with Crippen LogP contribution in [0.4, 0.5) is 4.39 Å². The zero-order valence-electron chi connectivity index (χ0n) is 13.2. The fraction of sp³-hybridized carbons (Fsp3) is 0.471. The number of ether oxygens (including phenoxy) is 1. The van der Waals surface area contributed by atoms with Crippen LogP contribution in [0.3, 0.4) is 0 Å². The summed E-state index contributed by atoms with van der Waals surface area (Å²) in [6.07, 6.45) is 5.57. The fourth-order valence-corrected chi connectivity index (χ4v) is 3.30. The van der Waals surface area contributed by atoms with Gasteiger partial charge < -0.3 is 14.2 Å². The van der Waals surface area contributed by atoms with Crippen LogP contribution in [0.1, 0.15) is 24.6 Å².